The molecule has 0 radical (unpaired) electrons. The van der Waals surface area contributed by atoms with Crippen LogP contribution in [0, 0.1) is 13.8 Å². The first-order chi connectivity index (χ1) is 12.0. The standard InChI is InChI=1S/C19H19N3O3/c1-12-8-13(2)10-14(9-12)25-11-17(23)20-21-18-15-6-4-5-7-16(15)22(3)19(18)24/h4-10,24H,11H2,1-3H3. The van der Waals surface area contributed by atoms with Gasteiger partial charge in [0.05, 0.1) is 5.52 Å². The van der Waals surface area contributed by atoms with Crippen molar-refractivity contribution in [1.82, 2.24) is 4.57 Å². The molecule has 1 N–H and O–H groups in total. The van der Waals surface area contributed by atoms with Gasteiger partial charge in [-0.25, -0.2) is 0 Å². The average molecular weight is 337 g/mol. The topological polar surface area (TPSA) is 76.2 Å². The van der Waals surface area contributed by atoms with E-state index in [1.165, 1.54) is 0 Å². The lowest BCUT2D eigenvalue weighted by Crippen LogP contribution is -2.08. The maximum absolute atomic E-state index is 11.9. The summed E-state index contributed by atoms with van der Waals surface area (Å²) >= 11 is 0. The fourth-order valence-corrected chi connectivity index (χ4v) is 2.75. The number of amides is 1. The summed E-state index contributed by atoms with van der Waals surface area (Å²) in [6, 6.07) is 13.1. The predicted molar refractivity (Wildman–Crippen MR) is 95.5 cm³/mol. The molecule has 0 saturated heterocycles. The molecule has 6 nitrogen and oxygen atoms in total. The first-order valence-electron chi connectivity index (χ1n) is 7.88. The molecule has 0 atom stereocenters. The largest absolute Gasteiger partial charge is 0.493 e. The number of fused-ring (bicyclic) bond motifs is 1. The second-order valence-corrected chi connectivity index (χ2v) is 5.95. The third-order valence-electron chi connectivity index (χ3n) is 3.87. The van der Waals surface area contributed by atoms with Gasteiger partial charge in [0.25, 0.3) is 0 Å². The minimum absolute atomic E-state index is 0.0343. The summed E-state index contributed by atoms with van der Waals surface area (Å²) in [5, 5.41) is 18.5. The molecule has 25 heavy (non-hydrogen) atoms. The van der Waals surface area contributed by atoms with Crippen molar-refractivity contribution in [1.29, 1.82) is 0 Å². The Kier molecular flexibility index (Phi) is 4.52. The van der Waals surface area contributed by atoms with Crippen LogP contribution in [0.25, 0.3) is 10.9 Å². The minimum Gasteiger partial charge on any atom is -0.493 e. The van der Waals surface area contributed by atoms with E-state index in [0.29, 0.717) is 5.75 Å². The number of azo groups is 1. The van der Waals surface area contributed by atoms with Crippen LogP contribution in [0.4, 0.5) is 5.69 Å². The molecule has 0 saturated carbocycles. The Balaban J connectivity index is 1.74. The van der Waals surface area contributed by atoms with Crippen LogP contribution < -0.4 is 4.74 Å². The molecule has 6 heteroatoms. The number of ether oxygens (including phenoxy) is 1. The van der Waals surface area contributed by atoms with Gasteiger partial charge in [0, 0.05) is 12.4 Å². The zero-order chi connectivity index (χ0) is 18.0. The maximum atomic E-state index is 11.9. The molecule has 0 fully saturated rings. The number of carbonyl (C=O) groups excluding carboxylic acids is 1. The van der Waals surface area contributed by atoms with E-state index in [9.17, 15) is 9.90 Å². The molecular weight excluding hydrogens is 318 g/mol. The predicted octanol–water partition coefficient (Wildman–Crippen LogP) is 4.19. The summed E-state index contributed by atoms with van der Waals surface area (Å²) < 4.78 is 7.07. The van der Waals surface area contributed by atoms with Gasteiger partial charge in [-0.1, -0.05) is 24.3 Å². The average Bonchev–Trinajstić information content (AvgIpc) is 2.82. The highest BCUT2D eigenvalue weighted by atomic mass is 16.5. The zero-order valence-corrected chi connectivity index (χ0v) is 14.4. The van der Waals surface area contributed by atoms with Crippen molar-refractivity contribution in [2.24, 2.45) is 17.3 Å². The molecule has 2 aromatic carbocycles. The SMILES string of the molecule is Cc1cc(C)cc(OCC(=O)N=Nc2c(O)n(C)c3ccccc23)c1. The highest BCUT2D eigenvalue weighted by Crippen LogP contribution is 2.37. The zero-order valence-electron chi connectivity index (χ0n) is 14.4. The van der Waals surface area contributed by atoms with Crippen molar-refractivity contribution in [3.63, 3.8) is 0 Å². The van der Waals surface area contributed by atoms with Crippen LogP contribution in [0.1, 0.15) is 11.1 Å². The number of aryl methyl sites for hydroxylation is 3. The Morgan fingerprint density at radius 3 is 2.56 bits per heavy atom. The number of hydrogen-bond acceptors (Lipinski definition) is 4. The lowest BCUT2D eigenvalue weighted by Gasteiger charge is -2.05. The van der Waals surface area contributed by atoms with Gasteiger partial charge >= 0.3 is 5.91 Å². The van der Waals surface area contributed by atoms with E-state index >= 15 is 0 Å². The van der Waals surface area contributed by atoms with Crippen LogP contribution in [-0.4, -0.2) is 22.2 Å². The third-order valence-corrected chi connectivity index (χ3v) is 3.87. The monoisotopic (exact) mass is 337 g/mol. The molecule has 1 amide bonds. The Bertz CT molecular complexity index is 953. The number of carbonyl (C=O) groups is 1. The number of benzene rings is 2. The molecule has 0 bridgehead atoms. The summed E-state index contributed by atoms with van der Waals surface area (Å²) in [5.41, 5.74) is 3.21. The summed E-state index contributed by atoms with van der Waals surface area (Å²) in [7, 11) is 1.72. The van der Waals surface area contributed by atoms with Crippen LogP contribution in [0.3, 0.4) is 0 Å². The van der Waals surface area contributed by atoms with Gasteiger partial charge in [-0.05, 0) is 43.2 Å². The molecule has 1 heterocycles. The van der Waals surface area contributed by atoms with Crippen molar-refractivity contribution >= 4 is 22.5 Å². The van der Waals surface area contributed by atoms with E-state index in [4.69, 9.17) is 4.74 Å². The van der Waals surface area contributed by atoms with E-state index in [2.05, 4.69) is 10.2 Å². The van der Waals surface area contributed by atoms with Gasteiger partial charge in [-0.3, -0.25) is 4.79 Å². The van der Waals surface area contributed by atoms with Crippen LogP contribution in [-0.2, 0) is 11.8 Å². The summed E-state index contributed by atoms with van der Waals surface area (Å²) in [4.78, 5) is 11.9. The quantitative estimate of drug-likeness (QED) is 0.725. The van der Waals surface area contributed by atoms with E-state index in [-0.39, 0.29) is 18.2 Å². The van der Waals surface area contributed by atoms with Crippen molar-refractivity contribution < 1.29 is 14.6 Å². The highest BCUT2D eigenvalue weighted by Gasteiger charge is 2.14. The van der Waals surface area contributed by atoms with Crippen LogP contribution in [0.15, 0.2) is 52.7 Å². The first-order valence-corrected chi connectivity index (χ1v) is 7.88. The molecule has 0 unspecified atom stereocenters. The molecule has 0 aliphatic heterocycles. The van der Waals surface area contributed by atoms with Gasteiger partial charge < -0.3 is 14.4 Å². The van der Waals surface area contributed by atoms with Gasteiger partial charge in [0.2, 0.25) is 5.88 Å². The van der Waals surface area contributed by atoms with E-state index in [1.54, 1.807) is 11.6 Å². The van der Waals surface area contributed by atoms with Crippen LogP contribution >= 0.6 is 0 Å². The maximum Gasteiger partial charge on any atom is 0.302 e. The molecule has 3 aromatic rings. The number of hydrogen-bond donors (Lipinski definition) is 1. The lowest BCUT2D eigenvalue weighted by molar-refractivity contribution is -0.120. The number of aromatic nitrogens is 1. The number of aromatic hydroxyl groups is 1. The summed E-state index contributed by atoms with van der Waals surface area (Å²) in [6.45, 7) is 3.72. The van der Waals surface area contributed by atoms with Gasteiger partial charge in [-0.2, -0.15) is 0 Å². The van der Waals surface area contributed by atoms with Crippen LogP contribution in [0.5, 0.6) is 11.6 Å². The molecule has 0 aliphatic carbocycles. The molecule has 3 rings (SSSR count). The molecule has 0 spiro atoms. The second-order valence-electron chi connectivity index (χ2n) is 5.95. The van der Waals surface area contributed by atoms with Crippen molar-refractivity contribution in [3.05, 3.63) is 53.6 Å². The highest BCUT2D eigenvalue weighted by molar-refractivity contribution is 5.95. The smallest absolute Gasteiger partial charge is 0.302 e. The molecule has 128 valence electrons. The number of rotatable bonds is 4. The minimum atomic E-state index is -0.522. The number of para-hydroxylation sites is 1. The van der Waals surface area contributed by atoms with Crippen molar-refractivity contribution in [2.75, 3.05) is 6.61 Å². The molecule has 1 aromatic heterocycles. The van der Waals surface area contributed by atoms with Gasteiger partial charge in [0.1, 0.15) is 5.75 Å². The fraction of sp³-hybridized carbons (Fsp3) is 0.211. The van der Waals surface area contributed by atoms with E-state index in [0.717, 1.165) is 22.0 Å². The normalized spacial score (nSPS) is 11.3. The fourth-order valence-electron chi connectivity index (χ4n) is 2.75. The second kappa shape index (κ2) is 6.76. The third kappa shape index (κ3) is 3.52. The van der Waals surface area contributed by atoms with Crippen molar-refractivity contribution in [2.45, 2.75) is 13.8 Å². The Morgan fingerprint density at radius 2 is 1.84 bits per heavy atom. The summed E-state index contributed by atoms with van der Waals surface area (Å²) in [6.07, 6.45) is 0. The summed E-state index contributed by atoms with van der Waals surface area (Å²) in [5.74, 6) is 0.0635. The van der Waals surface area contributed by atoms with Gasteiger partial charge in [0.15, 0.2) is 12.3 Å². The molecule has 0 aliphatic rings. The Morgan fingerprint density at radius 1 is 1.16 bits per heavy atom. The molecular formula is C19H19N3O3. The van der Waals surface area contributed by atoms with E-state index < -0.39 is 5.91 Å². The number of nitrogens with zero attached hydrogens (tertiary/aromatic N) is 3. The lowest BCUT2D eigenvalue weighted by atomic mass is 10.1. The first kappa shape index (κ1) is 16.7. The van der Waals surface area contributed by atoms with Gasteiger partial charge in [-0.15, -0.1) is 10.2 Å². The Labute approximate surface area is 145 Å². The van der Waals surface area contributed by atoms with Crippen molar-refractivity contribution in [3.8, 4) is 11.6 Å². The Hall–Kier alpha value is -3.15. The van der Waals surface area contributed by atoms with E-state index in [1.807, 2.05) is 56.3 Å². The van der Waals surface area contributed by atoms with Crippen LogP contribution in [0.2, 0.25) is 0 Å².